The van der Waals surface area contributed by atoms with Gasteiger partial charge in [-0.3, -0.25) is 9.10 Å². The SMILES string of the molecule is Cc1ccc(CNC(=O)CN(c2cccc(C(F)(F)F)c2)S(=O)(=O)c2ccccc2)cc1. The van der Waals surface area contributed by atoms with Gasteiger partial charge in [0, 0.05) is 6.54 Å². The Bertz CT molecular complexity index is 1180. The van der Waals surface area contributed by atoms with E-state index in [1.165, 1.54) is 30.3 Å². The van der Waals surface area contributed by atoms with Crippen LogP contribution in [0, 0.1) is 6.92 Å². The zero-order chi connectivity index (χ0) is 23.4. The third-order valence-corrected chi connectivity index (χ3v) is 6.48. The number of hydrogen-bond acceptors (Lipinski definition) is 3. The molecule has 0 unspecified atom stereocenters. The van der Waals surface area contributed by atoms with Crippen LogP contribution in [0.1, 0.15) is 16.7 Å². The fourth-order valence-corrected chi connectivity index (χ4v) is 4.40. The number of hydrogen-bond donors (Lipinski definition) is 1. The summed E-state index contributed by atoms with van der Waals surface area (Å²) in [5.74, 6) is -0.650. The van der Waals surface area contributed by atoms with E-state index in [0.717, 1.165) is 23.3 Å². The highest BCUT2D eigenvalue weighted by molar-refractivity contribution is 7.92. The summed E-state index contributed by atoms with van der Waals surface area (Å²) in [5.41, 5.74) is 0.586. The van der Waals surface area contributed by atoms with E-state index < -0.39 is 34.2 Å². The molecule has 0 radical (unpaired) electrons. The molecule has 0 bridgehead atoms. The standard InChI is InChI=1S/C23H21F3N2O3S/c1-17-10-12-18(13-11-17)15-27-22(29)16-28(32(30,31)21-8-3-2-4-9-21)20-7-5-6-19(14-20)23(24,25)26/h2-14H,15-16H2,1H3,(H,27,29). The third kappa shape index (κ3) is 5.67. The van der Waals surface area contributed by atoms with Crippen LogP contribution in [0.5, 0.6) is 0 Å². The minimum absolute atomic E-state index is 0.135. The van der Waals surface area contributed by atoms with Gasteiger partial charge in [-0.05, 0) is 42.8 Å². The fourth-order valence-electron chi connectivity index (χ4n) is 2.97. The van der Waals surface area contributed by atoms with E-state index in [-0.39, 0.29) is 17.1 Å². The molecule has 3 rings (SSSR count). The number of anilines is 1. The maximum Gasteiger partial charge on any atom is 0.416 e. The van der Waals surface area contributed by atoms with E-state index in [9.17, 15) is 26.4 Å². The van der Waals surface area contributed by atoms with Gasteiger partial charge in [-0.25, -0.2) is 8.42 Å². The monoisotopic (exact) mass is 462 g/mol. The number of nitrogens with one attached hydrogen (secondary N) is 1. The van der Waals surface area contributed by atoms with Crippen molar-refractivity contribution >= 4 is 21.6 Å². The Morgan fingerprint density at radius 2 is 1.59 bits per heavy atom. The van der Waals surface area contributed by atoms with Crippen LogP contribution < -0.4 is 9.62 Å². The number of rotatable bonds is 7. The highest BCUT2D eigenvalue weighted by Crippen LogP contribution is 2.33. The molecule has 0 fully saturated rings. The molecule has 3 aromatic carbocycles. The number of alkyl halides is 3. The molecule has 32 heavy (non-hydrogen) atoms. The number of amides is 1. The summed E-state index contributed by atoms with van der Waals surface area (Å²) in [6, 6.07) is 18.5. The molecule has 0 aliphatic rings. The van der Waals surface area contributed by atoms with Gasteiger partial charge in [-0.15, -0.1) is 0 Å². The molecule has 3 aromatic rings. The molecule has 168 valence electrons. The average molecular weight is 462 g/mol. The molecule has 0 saturated heterocycles. The summed E-state index contributed by atoms with van der Waals surface area (Å²) >= 11 is 0. The molecule has 1 amide bonds. The van der Waals surface area contributed by atoms with E-state index in [4.69, 9.17) is 0 Å². The first kappa shape index (κ1) is 23.3. The highest BCUT2D eigenvalue weighted by atomic mass is 32.2. The Morgan fingerprint density at radius 3 is 2.22 bits per heavy atom. The Labute approximate surface area is 184 Å². The second-order valence-electron chi connectivity index (χ2n) is 7.14. The predicted molar refractivity (Wildman–Crippen MR) is 115 cm³/mol. The molecule has 9 heteroatoms. The number of benzene rings is 3. The summed E-state index contributed by atoms with van der Waals surface area (Å²) in [6.07, 6.45) is -4.66. The van der Waals surface area contributed by atoms with E-state index in [1.54, 1.807) is 6.07 Å². The van der Waals surface area contributed by atoms with Crippen molar-refractivity contribution in [1.82, 2.24) is 5.32 Å². The predicted octanol–water partition coefficient (Wildman–Crippen LogP) is 4.53. The maximum atomic E-state index is 13.2. The number of halogens is 3. The molecule has 0 aromatic heterocycles. The number of carbonyl (C=O) groups is 1. The van der Waals surface area contributed by atoms with Crippen LogP contribution in [0.25, 0.3) is 0 Å². The van der Waals surface area contributed by atoms with Crippen LogP contribution in [0.4, 0.5) is 18.9 Å². The molecule has 0 aliphatic carbocycles. The summed E-state index contributed by atoms with van der Waals surface area (Å²) in [6.45, 7) is 1.40. The first-order chi connectivity index (χ1) is 15.1. The summed E-state index contributed by atoms with van der Waals surface area (Å²) < 4.78 is 66.7. The van der Waals surface area contributed by atoms with Crippen molar-refractivity contribution in [3.8, 4) is 0 Å². The lowest BCUT2D eigenvalue weighted by molar-refractivity contribution is -0.137. The van der Waals surface area contributed by atoms with Crippen molar-refractivity contribution in [3.63, 3.8) is 0 Å². The van der Waals surface area contributed by atoms with Gasteiger partial charge < -0.3 is 5.32 Å². The van der Waals surface area contributed by atoms with Gasteiger partial charge in [0.1, 0.15) is 6.54 Å². The fraction of sp³-hybridized carbons (Fsp3) is 0.174. The zero-order valence-electron chi connectivity index (χ0n) is 17.1. The molecule has 0 saturated carbocycles. The second kappa shape index (κ2) is 9.44. The van der Waals surface area contributed by atoms with Crippen molar-refractivity contribution in [1.29, 1.82) is 0 Å². The maximum absolute atomic E-state index is 13.2. The van der Waals surface area contributed by atoms with Crippen LogP contribution in [-0.4, -0.2) is 20.9 Å². The molecular formula is C23H21F3N2O3S. The van der Waals surface area contributed by atoms with Crippen LogP contribution in [0.15, 0.2) is 83.8 Å². The van der Waals surface area contributed by atoms with E-state index in [1.807, 2.05) is 31.2 Å². The Balaban J connectivity index is 1.90. The normalized spacial score (nSPS) is 11.8. The molecule has 0 spiro atoms. The largest absolute Gasteiger partial charge is 0.416 e. The van der Waals surface area contributed by atoms with Crippen molar-refractivity contribution < 1.29 is 26.4 Å². The minimum Gasteiger partial charge on any atom is -0.350 e. The van der Waals surface area contributed by atoms with Gasteiger partial charge in [-0.2, -0.15) is 13.2 Å². The molecule has 1 N–H and O–H groups in total. The third-order valence-electron chi connectivity index (χ3n) is 4.69. The van der Waals surface area contributed by atoms with E-state index in [2.05, 4.69) is 5.32 Å². The van der Waals surface area contributed by atoms with Gasteiger partial charge in [0.15, 0.2) is 0 Å². The molecule has 0 aliphatic heterocycles. The lowest BCUT2D eigenvalue weighted by atomic mass is 10.1. The number of sulfonamides is 1. The van der Waals surface area contributed by atoms with Gasteiger partial charge in [-0.1, -0.05) is 54.1 Å². The van der Waals surface area contributed by atoms with Crippen molar-refractivity contribution in [2.45, 2.75) is 24.5 Å². The first-order valence-electron chi connectivity index (χ1n) is 9.65. The number of nitrogens with zero attached hydrogens (tertiary/aromatic N) is 1. The molecule has 0 heterocycles. The summed E-state index contributed by atoms with van der Waals surface area (Å²) in [5, 5.41) is 2.62. The van der Waals surface area contributed by atoms with Crippen molar-refractivity contribution in [3.05, 3.63) is 95.6 Å². The quantitative estimate of drug-likeness (QED) is 0.561. The second-order valence-corrected chi connectivity index (χ2v) is 9.00. The van der Waals surface area contributed by atoms with Crippen molar-refractivity contribution in [2.75, 3.05) is 10.8 Å². The Kier molecular flexibility index (Phi) is 6.88. The zero-order valence-corrected chi connectivity index (χ0v) is 18.0. The van der Waals surface area contributed by atoms with Crippen LogP contribution >= 0.6 is 0 Å². The van der Waals surface area contributed by atoms with Gasteiger partial charge in [0.2, 0.25) is 5.91 Å². The number of aryl methyl sites for hydroxylation is 1. The minimum atomic E-state index is -4.66. The van der Waals surface area contributed by atoms with E-state index >= 15 is 0 Å². The van der Waals surface area contributed by atoms with Gasteiger partial charge >= 0.3 is 6.18 Å². The first-order valence-corrected chi connectivity index (χ1v) is 11.1. The molecular weight excluding hydrogens is 441 g/mol. The Morgan fingerprint density at radius 1 is 0.938 bits per heavy atom. The topological polar surface area (TPSA) is 66.5 Å². The van der Waals surface area contributed by atoms with Gasteiger partial charge in [0.05, 0.1) is 16.1 Å². The summed E-state index contributed by atoms with van der Waals surface area (Å²) in [7, 11) is -4.29. The smallest absolute Gasteiger partial charge is 0.350 e. The van der Waals surface area contributed by atoms with Crippen molar-refractivity contribution in [2.24, 2.45) is 0 Å². The summed E-state index contributed by atoms with van der Waals surface area (Å²) in [4.78, 5) is 12.5. The van der Waals surface area contributed by atoms with Crippen LogP contribution in [0.3, 0.4) is 0 Å². The van der Waals surface area contributed by atoms with Crippen LogP contribution in [-0.2, 0) is 27.5 Å². The molecule has 5 nitrogen and oxygen atoms in total. The van der Waals surface area contributed by atoms with E-state index in [0.29, 0.717) is 10.4 Å². The molecule has 0 atom stereocenters. The average Bonchev–Trinajstić information content (AvgIpc) is 2.77. The van der Waals surface area contributed by atoms with Gasteiger partial charge in [0.25, 0.3) is 10.0 Å². The lowest BCUT2D eigenvalue weighted by Gasteiger charge is -2.25. The number of carbonyl (C=O) groups excluding carboxylic acids is 1. The van der Waals surface area contributed by atoms with Crippen LogP contribution in [0.2, 0.25) is 0 Å². The lowest BCUT2D eigenvalue weighted by Crippen LogP contribution is -2.40. The highest BCUT2D eigenvalue weighted by Gasteiger charge is 2.33. The Hall–Kier alpha value is -3.33.